The first kappa shape index (κ1) is 8.10. The summed E-state index contributed by atoms with van der Waals surface area (Å²) in [4.78, 5) is 7.96. The molecule has 0 saturated heterocycles. The van der Waals surface area contributed by atoms with Gasteiger partial charge in [-0.25, -0.2) is 9.97 Å². The Kier molecular flexibility index (Phi) is 2.95. The van der Waals surface area contributed by atoms with Crippen molar-refractivity contribution in [1.29, 1.82) is 0 Å². The van der Waals surface area contributed by atoms with Gasteiger partial charge in [0, 0.05) is 19.5 Å². The van der Waals surface area contributed by atoms with E-state index >= 15 is 0 Å². The summed E-state index contributed by atoms with van der Waals surface area (Å²) in [7, 11) is 1.60. The number of aromatic nitrogens is 2. The normalized spacial score (nSPS) is 12.9. The molecule has 4 nitrogen and oxygen atoms in total. The Morgan fingerprint density at radius 2 is 2.18 bits per heavy atom. The van der Waals surface area contributed by atoms with Crippen molar-refractivity contribution in [1.82, 2.24) is 9.97 Å². The van der Waals surface area contributed by atoms with Gasteiger partial charge in [0.15, 0.2) is 0 Å². The molecule has 2 N–H and O–H groups in total. The lowest BCUT2D eigenvalue weighted by Gasteiger charge is -2.06. The minimum absolute atomic E-state index is 0.221. The van der Waals surface area contributed by atoms with Crippen LogP contribution in [0.25, 0.3) is 0 Å². The quantitative estimate of drug-likeness (QED) is 0.670. The number of nitrogens with two attached hydrogens (primary N) is 1. The van der Waals surface area contributed by atoms with Gasteiger partial charge in [0.25, 0.3) is 0 Å². The van der Waals surface area contributed by atoms with Crippen LogP contribution in [0.3, 0.4) is 0 Å². The standard InChI is InChI=1S/C7H11N3O/c1-11-5-6(8)7-9-3-2-4-10-7/h2-4,6H,5,8H2,1H3/t6-/m1/s1. The van der Waals surface area contributed by atoms with Gasteiger partial charge in [-0.2, -0.15) is 0 Å². The van der Waals surface area contributed by atoms with E-state index in [2.05, 4.69) is 9.97 Å². The van der Waals surface area contributed by atoms with Crippen molar-refractivity contribution in [2.75, 3.05) is 13.7 Å². The molecule has 4 heteroatoms. The van der Waals surface area contributed by atoms with Gasteiger partial charge in [-0.05, 0) is 6.07 Å². The average Bonchev–Trinajstić information content (AvgIpc) is 2.07. The molecule has 1 heterocycles. The second-order valence-electron chi connectivity index (χ2n) is 2.17. The van der Waals surface area contributed by atoms with Crippen LogP contribution in [0.2, 0.25) is 0 Å². The molecule has 0 saturated carbocycles. The molecule has 0 aliphatic carbocycles. The molecule has 60 valence electrons. The summed E-state index contributed by atoms with van der Waals surface area (Å²) in [6, 6.07) is 1.53. The van der Waals surface area contributed by atoms with Crippen LogP contribution in [0.4, 0.5) is 0 Å². The highest BCUT2D eigenvalue weighted by atomic mass is 16.5. The summed E-state index contributed by atoms with van der Waals surface area (Å²) >= 11 is 0. The van der Waals surface area contributed by atoms with Crippen molar-refractivity contribution in [2.45, 2.75) is 6.04 Å². The molecule has 0 amide bonds. The SMILES string of the molecule is COC[C@@H](N)c1ncccn1. The van der Waals surface area contributed by atoms with Crippen LogP contribution in [0.5, 0.6) is 0 Å². The molecule has 0 bridgehead atoms. The monoisotopic (exact) mass is 153 g/mol. The van der Waals surface area contributed by atoms with Crippen molar-refractivity contribution in [3.63, 3.8) is 0 Å². The van der Waals surface area contributed by atoms with E-state index in [1.807, 2.05) is 0 Å². The summed E-state index contributed by atoms with van der Waals surface area (Å²) in [6.07, 6.45) is 3.33. The lowest BCUT2D eigenvalue weighted by Crippen LogP contribution is -2.18. The first-order valence-corrected chi connectivity index (χ1v) is 3.36. The number of ether oxygens (including phenoxy) is 1. The van der Waals surface area contributed by atoms with Crippen molar-refractivity contribution in [3.05, 3.63) is 24.3 Å². The molecule has 0 radical (unpaired) electrons. The third-order valence-electron chi connectivity index (χ3n) is 1.26. The maximum atomic E-state index is 5.66. The van der Waals surface area contributed by atoms with E-state index in [-0.39, 0.29) is 6.04 Å². The number of methoxy groups -OCH3 is 1. The lowest BCUT2D eigenvalue weighted by molar-refractivity contribution is 0.178. The van der Waals surface area contributed by atoms with Crippen LogP contribution < -0.4 is 5.73 Å². The molecular weight excluding hydrogens is 142 g/mol. The van der Waals surface area contributed by atoms with Crippen LogP contribution in [0.1, 0.15) is 11.9 Å². The summed E-state index contributed by atoms with van der Waals surface area (Å²) in [5.74, 6) is 0.620. The number of nitrogens with zero attached hydrogens (tertiary/aromatic N) is 2. The first-order valence-electron chi connectivity index (χ1n) is 3.36. The summed E-state index contributed by atoms with van der Waals surface area (Å²) in [5, 5.41) is 0. The van der Waals surface area contributed by atoms with Gasteiger partial charge < -0.3 is 10.5 Å². The van der Waals surface area contributed by atoms with Crippen molar-refractivity contribution in [3.8, 4) is 0 Å². The molecule has 0 spiro atoms. The second kappa shape index (κ2) is 4.00. The Morgan fingerprint density at radius 3 is 2.73 bits per heavy atom. The van der Waals surface area contributed by atoms with Crippen LogP contribution in [0.15, 0.2) is 18.5 Å². The molecule has 0 unspecified atom stereocenters. The van der Waals surface area contributed by atoms with E-state index < -0.39 is 0 Å². The molecule has 1 rings (SSSR count). The van der Waals surface area contributed by atoms with Gasteiger partial charge in [0.1, 0.15) is 5.82 Å². The minimum atomic E-state index is -0.221. The van der Waals surface area contributed by atoms with Crippen molar-refractivity contribution >= 4 is 0 Å². The predicted molar refractivity (Wildman–Crippen MR) is 40.8 cm³/mol. The summed E-state index contributed by atoms with van der Waals surface area (Å²) in [6.45, 7) is 0.448. The number of rotatable bonds is 3. The smallest absolute Gasteiger partial charge is 0.147 e. The molecule has 1 atom stereocenters. The Balaban J connectivity index is 2.61. The molecule has 11 heavy (non-hydrogen) atoms. The fraction of sp³-hybridized carbons (Fsp3) is 0.429. The Morgan fingerprint density at radius 1 is 1.55 bits per heavy atom. The van der Waals surface area contributed by atoms with Gasteiger partial charge in [0.2, 0.25) is 0 Å². The molecule has 0 fully saturated rings. The lowest BCUT2D eigenvalue weighted by atomic mass is 10.3. The highest BCUT2D eigenvalue weighted by Gasteiger charge is 2.06. The van der Waals surface area contributed by atoms with Crippen LogP contribution >= 0.6 is 0 Å². The molecule has 1 aromatic rings. The van der Waals surface area contributed by atoms with E-state index in [1.54, 1.807) is 25.6 Å². The van der Waals surface area contributed by atoms with Gasteiger partial charge >= 0.3 is 0 Å². The minimum Gasteiger partial charge on any atom is -0.383 e. The maximum absolute atomic E-state index is 5.66. The zero-order valence-corrected chi connectivity index (χ0v) is 6.40. The molecule has 0 aliphatic rings. The third kappa shape index (κ3) is 2.25. The van der Waals surface area contributed by atoms with E-state index in [9.17, 15) is 0 Å². The van der Waals surface area contributed by atoms with Crippen LogP contribution in [-0.2, 0) is 4.74 Å². The largest absolute Gasteiger partial charge is 0.383 e. The molecule has 0 aliphatic heterocycles. The van der Waals surface area contributed by atoms with Gasteiger partial charge in [-0.1, -0.05) is 0 Å². The number of hydrogen-bond donors (Lipinski definition) is 1. The van der Waals surface area contributed by atoms with Gasteiger partial charge in [-0.15, -0.1) is 0 Å². The number of hydrogen-bond acceptors (Lipinski definition) is 4. The predicted octanol–water partition coefficient (Wildman–Crippen LogP) is 0.123. The second-order valence-corrected chi connectivity index (χ2v) is 2.17. The molecule has 0 aromatic carbocycles. The van der Waals surface area contributed by atoms with E-state index in [0.29, 0.717) is 12.4 Å². The highest BCUT2D eigenvalue weighted by Crippen LogP contribution is 2.00. The van der Waals surface area contributed by atoms with Crippen molar-refractivity contribution < 1.29 is 4.74 Å². The van der Waals surface area contributed by atoms with E-state index in [4.69, 9.17) is 10.5 Å². The first-order chi connectivity index (χ1) is 5.34. The van der Waals surface area contributed by atoms with Gasteiger partial charge in [0.05, 0.1) is 12.6 Å². The Bertz CT molecular complexity index is 202. The Labute approximate surface area is 65.4 Å². The highest BCUT2D eigenvalue weighted by molar-refractivity contribution is 4.94. The van der Waals surface area contributed by atoms with E-state index in [1.165, 1.54) is 0 Å². The fourth-order valence-corrected chi connectivity index (χ4v) is 0.756. The third-order valence-corrected chi connectivity index (χ3v) is 1.26. The molecular formula is C7H11N3O. The Hall–Kier alpha value is -1.00. The zero-order chi connectivity index (χ0) is 8.10. The van der Waals surface area contributed by atoms with E-state index in [0.717, 1.165) is 0 Å². The zero-order valence-electron chi connectivity index (χ0n) is 6.40. The average molecular weight is 153 g/mol. The maximum Gasteiger partial charge on any atom is 0.147 e. The van der Waals surface area contributed by atoms with Crippen LogP contribution in [0, 0.1) is 0 Å². The summed E-state index contributed by atoms with van der Waals surface area (Å²) in [5.41, 5.74) is 5.66. The molecule has 1 aromatic heterocycles. The van der Waals surface area contributed by atoms with Crippen LogP contribution in [-0.4, -0.2) is 23.7 Å². The summed E-state index contributed by atoms with van der Waals surface area (Å²) < 4.78 is 4.85. The van der Waals surface area contributed by atoms with Gasteiger partial charge in [-0.3, -0.25) is 0 Å². The topological polar surface area (TPSA) is 61.0 Å². The fourth-order valence-electron chi connectivity index (χ4n) is 0.756. The van der Waals surface area contributed by atoms with Crippen molar-refractivity contribution in [2.24, 2.45) is 5.73 Å².